The average Bonchev–Trinajstić information content (AvgIpc) is 2.39. The van der Waals surface area contributed by atoms with E-state index in [1.807, 2.05) is 0 Å². The molecule has 0 spiro atoms. The Balaban J connectivity index is 2.26. The van der Waals surface area contributed by atoms with Gasteiger partial charge in [-0.1, -0.05) is 0 Å². The van der Waals surface area contributed by atoms with Crippen LogP contribution in [0.1, 0.15) is 10.4 Å². The number of primary amides is 1. The lowest BCUT2D eigenvalue weighted by molar-refractivity contribution is 0.100. The van der Waals surface area contributed by atoms with Gasteiger partial charge in [0, 0.05) is 28.1 Å². The number of aromatic nitrogens is 1. The quantitative estimate of drug-likeness (QED) is 0.871. The summed E-state index contributed by atoms with van der Waals surface area (Å²) in [6.45, 7) is 0. The Morgan fingerprint density at radius 1 is 1.20 bits per heavy atom. The standard InChI is InChI=1S/C12H10BrN3O3S/c13-9-5-11(7-15-6-9)20(18,19)16-10-3-1-8(2-4-10)12(14)17/h1-7,16H,(H2,14,17). The fourth-order valence-corrected chi connectivity index (χ4v) is 3.02. The van der Waals surface area contributed by atoms with E-state index in [9.17, 15) is 13.2 Å². The third-order valence-electron chi connectivity index (χ3n) is 2.41. The number of amides is 1. The molecule has 0 saturated carbocycles. The number of hydrogen-bond donors (Lipinski definition) is 2. The lowest BCUT2D eigenvalue weighted by Crippen LogP contribution is -2.14. The second-order valence-electron chi connectivity index (χ2n) is 3.89. The van der Waals surface area contributed by atoms with Crippen molar-refractivity contribution in [2.24, 2.45) is 5.73 Å². The van der Waals surface area contributed by atoms with Gasteiger partial charge in [0.15, 0.2) is 0 Å². The van der Waals surface area contributed by atoms with E-state index in [1.54, 1.807) is 0 Å². The van der Waals surface area contributed by atoms with E-state index in [1.165, 1.54) is 42.7 Å². The highest BCUT2D eigenvalue weighted by molar-refractivity contribution is 9.10. The van der Waals surface area contributed by atoms with Crippen molar-refractivity contribution in [3.8, 4) is 0 Å². The minimum atomic E-state index is -3.73. The smallest absolute Gasteiger partial charge is 0.263 e. The van der Waals surface area contributed by atoms with Gasteiger partial charge >= 0.3 is 0 Å². The maximum absolute atomic E-state index is 12.1. The average molecular weight is 356 g/mol. The highest BCUT2D eigenvalue weighted by atomic mass is 79.9. The van der Waals surface area contributed by atoms with Gasteiger partial charge in [-0.25, -0.2) is 8.42 Å². The van der Waals surface area contributed by atoms with Crippen LogP contribution in [-0.4, -0.2) is 19.3 Å². The number of carbonyl (C=O) groups is 1. The Hall–Kier alpha value is -1.93. The zero-order chi connectivity index (χ0) is 14.8. The van der Waals surface area contributed by atoms with Crippen LogP contribution in [0.15, 0.2) is 52.1 Å². The predicted molar refractivity (Wildman–Crippen MR) is 77.7 cm³/mol. The lowest BCUT2D eigenvalue weighted by Gasteiger charge is -2.08. The molecule has 1 heterocycles. The first kappa shape index (κ1) is 14.5. The summed E-state index contributed by atoms with van der Waals surface area (Å²) in [4.78, 5) is 14.8. The molecule has 0 bridgehead atoms. The van der Waals surface area contributed by atoms with Crippen molar-refractivity contribution < 1.29 is 13.2 Å². The zero-order valence-electron chi connectivity index (χ0n) is 10.1. The Labute approximate surface area is 124 Å². The second-order valence-corrected chi connectivity index (χ2v) is 6.48. The van der Waals surface area contributed by atoms with Gasteiger partial charge < -0.3 is 5.73 Å². The van der Waals surface area contributed by atoms with E-state index in [-0.39, 0.29) is 4.90 Å². The van der Waals surface area contributed by atoms with Crippen LogP contribution in [0.4, 0.5) is 5.69 Å². The number of anilines is 1. The summed E-state index contributed by atoms with van der Waals surface area (Å²) in [6, 6.07) is 7.25. The van der Waals surface area contributed by atoms with Crippen LogP contribution in [-0.2, 0) is 10.0 Å². The molecule has 1 amide bonds. The monoisotopic (exact) mass is 355 g/mol. The largest absolute Gasteiger partial charge is 0.366 e. The fraction of sp³-hybridized carbons (Fsp3) is 0. The van der Waals surface area contributed by atoms with Crippen molar-refractivity contribution >= 4 is 37.5 Å². The van der Waals surface area contributed by atoms with Crippen molar-refractivity contribution in [3.05, 3.63) is 52.8 Å². The molecule has 0 unspecified atom stereocenters. The van der Waals surface area contributed by atoms with Crippen LogP contribution in [0, 0.1) is 0 Å². The summed E-state index contributed by atoms with van der Waals surface area (Å²) in [6.07, 6.45) is 2.73. The summed E-state index contributed by atoms with van der Waals surface area (Å²) < 4.78 is 27.2. The summed E-state index contributed by atoms with van der Waals surface area (Å²) in [5.74, 6) is -0.574. The van der Waals surface area contributed by atoms with Crippen LogP contribution in [0.5, 0.6) is 0 Å². The van der Waals surface area contributed by atoms with Gasteiger partial charge in [0.05, 0.1) is 0 Å². The molecule has 0 aliphatic heterocycles. The van der Waals surface area contributed by atoms with Gasteiger partial charge in [-0.05, 0) is 46.3 Å². The number of benzene rings is 1. The molecule has 2 aromatic rings. The van der Waals surface area contributed by atoms with Crippen molar-refractivity contribution in [2.75, 3.05) is 4.72 Å². The number of halogens is 1. The number of nitrogens with zero attached hydrogens (tertiary/aromatic N) is 1. The van der Waals surface area contributed by atoms with E-state index >= 15 is 0 Å². The lowest BCUT2D eigenvalue weighted by atomic mass is 10.2. The van der Waals surface area contributed by atoms with E-state index in [0.717, 1.165) is 0 Å². The summed E-state index contributed by atoms with van der Waals surface area (Å²) in [7, 11) is -3.73. The molecule has 20 heavy (non-hydrogen) atoms. The number of hydrogen-bond acceptors (Lipinski definition) is 4. The number of pyridine rings is 1. The Kier molecular flexibility index (Phi) is 4.05. The zero-order valence-corrected chi connectivity index (χ0v) is 12.5. The maximum atomic E-state index is 12.1. The first-order valence-corrected chi connectivity index (χ1v) is 7.69. The third kappa shape index (κ3) is 3.34. The summed E-state index contributed by atoms with van der Waals surface area (Å²) >= 11 is 3.16. The van der Waals surface area contributed by atoms with Gasteiger partial charge in [0.1, 0.15) is 4.90 Å². The number of nitrogens with two attached hydrogens (primary N) is 1. The van der Waals surface area contributed by atoms with Crippen LogP contribution >= 0.6 is 15.9 Å². The molecule has 0 atom stereocenters. The Morgan fingerprint density at radius 2 is 1.85 bits per heavy atom. The predicted octanol–water partition coefficient (Wildman–Crippen LogP) is 1.74. The number of sulfonamides is 1. The van der Waals surface area contributed by atoms with Crippen LogP contribution < -0.4 is 10.5 Å². The number of rotatable bonds is 4. The molecular weight excluding hydrogens is 346 g/mol. The van der Waals surface area contributed by atoms with Gasteiger partial charge in [0.2, 0.25) is 5.91 Å². The van der Waals surface area contributed by atoms with E-state index in [0.29, 0.717) is 15.7 Å². The van der Waals surface area contributed by atoms with Crippen molar-refractivity contribution in [1.82, 2.24) is 4.98 Å². The molecule has 0 aliphatic carbocycles. The minimum absolute atomic E-state index is 0.0332. The number of carbonyl (C=O) groups excluding carboxylic acids is 1. The van der Waals surface area contributed by atoms with Gasteiger partial charge in [-0.3, -0.25) is 14.5 Å². The first-order valence-electron chi connectivity index (χ1n) is 5.42. The van der Waals surface area contributed by atoms with Gasteiger partial charge in [-0.2, -0.15) is 0 Å². The SMILES string of the molecule is NC(=O)c1ccc(NS(=O)(=O)c2cncc(Br)c2)cc1. The molecule has 8 heteroatoms. The molecule has 2 rings (SSSR count). The Morgan fingerprint density at radius 3 is 2.40 bits per heavy atom. The van der Waals surface area contributed by atoms with Crippen LogP contribution in [0.25, 0.3) is 0 Å². The van der Waals surface area contributed by atoms with Crippen LogP contribution in [0.3, 0.4) is 0 Å². The molecule has 3 N–H and O–H groups in total. The van der Waals surface area contributed by atoms with Gasteiger partial charge in [-0.15, -0.1) is 0 Å². The molecule has 0 saturated heterocycles. The van der Waals surface area contributed by atoms with Crippen LogP contribution in [0.2, 0.25) is 0 Å². The second kappa shape index (κ2) is 5.59. The van der Waals surface area contributed by atoms with E-state index in [2.05, 4.69) is 25.6 Å². The summed E-state index contributed by atoms with van der Waals surface area (Å²) in [5, 5.41) is 0. The molecular formula is C12H10BrN3O3S. The molecule has 1 aromatic heterocycles. The summed E-state index contributed by atoms with van der Waals surface area (Å²) in [5.41, 5.74) is 5.74. The van der Waals surface area contributed by atoms with Crippen molar-refractivity contribution in [1.29, 1.82) is 0 Å². The van der Waals surface area contributed by atoms with E-state index in [4.69, 9.17) is 5.73 Å². The molecule has 0 radical (unpaired) electrons. The Bertz CT molecular complexity index is 745. The third-order valence-corrected chi connectivity index (χ3v) is 4.19. The van der Waals surface area contributed by atoms with Crippen molar-refractivity contribution in [2.45, 2.75) is 4.90 Å². The molecule has 104 valence electrons. The molecule has 6 nitrogen and oxygen atoms in total. The highest BCUT2D eigenvalue weighted by Gasteiger charge is 2.15. The van der Waals surface area contributed by atoms with Crippen molar-refractivity contribution in [3.63, 3.8) is 0 Å². The maximum Gasteiger partial charge on any atom is 0.263 e. The topological polar surface area (TPSA) is 102 Å². The normalized spacial score (nSPS) is 11.1. The molecule has 0 fully saturated rings. The molecule has 1 aromatic carbocycles. The first-order chi connectivity index (χ1) is 9.38. The van der Waals surface area contributed by atoms with E-state index < -0.39 is 15.9 Å². The fourth-order valence-electron chi connectivity index (χ4n) is 1.46. The number of nitrogens with one attached hydrogen (secondary N) is 1. The molecule has 0 aliphatic rings. The highest BCUT2D eigenvalue weighted by Crippen LogP contribution is 2.18. The minimum Gasteiger partial charge on any atom is -0.366 e. The van der Waals surface area contributed by atoms with Gasteiger partial charge in [0.25, 0.3) is 10.0 Å².